The van der Waals surface area contributed by atoms with Crippen molar-refractivity contribution in [2.45, 2.75) is 33.2 Å². The van der Waals surface area contributed by atoms with Crippen molar-refractivity contribution in [1.29, 1.82) is 0 Å². The number of rotatable bonds is 4. The molecule has 0 aliphatic rings. The lowest BCUT2D eigenvalue weighted by Crippen LogP contribution is -2.39. The standard InChI is InChI=1S/C9H17NO3/c1-6(2)9(12)13-8(4)10(5)7(3)11/h7-8,11H,1H2,2-5H3. The molecule has 13 heavy (non-hydrogen) atoms. The van der Waals surface area contributed by atoms with E-state index in [-0.39, 0.29) is 0 Å². The Morgan fingerprint density at radius 3 is 2.31 bits per heavy atom. The molecular formula is C9H17NO3. The molecule has 0 aliphatic carbocycles. The van der Waals surface area contributed by atoms with E-state index in [1.165, 1.54) is 4.90 Å². The normalized spacial score (nSPS) is 15.2. The van der Waals surface area contributed by atoms with Crippen LogP contribution in [0.15, 0.2) is 12.2 Å². The van der Waals surface area contributed by atoms with Gasteiger partial charge in [-0.1, -0.05) is 6.58 Å². The topological polar surface area (TPSA) is 49.8 Å². The van der Waals surface area contributed by atoms with Crippen LogP contribution in [0, 0.1) is 0 Å². The second kappa shape index (κ2) is 4.99. The Morgan fingerprint density at radius 1 is 1.54 bits per heavy atom. The highest BCUT2D eigenvalue weighted by molar-refractivity contribution is 5.87. The minimum atomic E-state index is -0.645. The molecule has 0 radical (unpaired) electrons. The van der Waals surface area contributed by atoms with Crippen molar-refractivity contribution >= 4 is 5.97 Å². The van der Waals surface area contributed by atoms with Gasteiger partial charge in [0, 0.05) is 5.57 Å². The summed E-state index contributed by atoms with van der Waals surface area (Å²) >= 11 is 0. The van der Waals surface area contributed by atoms with Crippen LogP contribution < -0.4 is 0 Å². The van der Waals surface area contributed by atoms with Gasteiger partial charge < -0.3 is 9.84 Å². The summed E-state index contributed by atoms with van der Waals surface area (Å²) in [4.78, 5) is 12.6. The molecule has 0 spiro atoms. The lowest BCUT2D eigenvalue weighted by Gasteiger charge is -2.26. The highest BCUT2D eigenvalue weighted by atomic mass is 16.6. The molecule has 0 aromatic rings. The Bertz CT molecular complexity index is 201. The third-order valence-corrected chi connectivity index (χ3v) is 1.79. The third-order valence-electron chi connectivity index (χ3n) is 1.79. The molecule has 0 fully saturated rings. The number of hydrogen-bond acceptors (Lipinski definition) is 4. The van der Waals surface area contributed by atoms with Crippen LogP contribution in [-0.4, -0.2) is 35.5 Å². The number of aliphatic hydroxyl groups is 1. The maximum absolute atomic E-state index is 11.1. The minimum absolute atomic E-state index is 0.353. The monoisotopic (exact) mass is 187 g/mol. The molecule has 4 nitrogen and oxygen atoms in total. The molecule has 0 aromatic heterocycles. The van der Waals surface area contributed by atoms with Gasteiger partial charge >= 0.3 is 5.97 Å². The first-order valence-corrected chi connectivity index (χ1v) is 4.12. The van der Waals surface area contributed by atoms with E-state index in [1.807, 2.05) is 0 Å². The van der Waals surface area contributed by atoms with Crippen molar-refractivity contribution in [3.63, 3.8) is 0 Å². The Morgan fingerprint density at radius 2 is 2.00 bits per heavy atom. The molecule has 0 bridgehead atoms. The smallest absolute Gasteiger partial charge is 0.334 e. The Hall–Kier alpha value is -0.870. The lowest BCUT2D eigenvalue weighted by molar-refractivity contribution is -0.159. The average molecular weight is 187 g/mol. The molecule has 2 unspecified atom stereocenters. The summed E-state index contributed by atoms with van der Waals surface area (Å²) in [6.07, 6.45) is -1.10. The van der Waals surface area contributed by atoms with Gasteiger partial charge in [-0.15, -0.1) is 0 Å². The van der Waals surface area contributed by atoms with Gasteiger partial charge in [-0.25, -0.2) is 9.69 Å². The van der Waals surface area contributed by atoms with Gasteiger partial charge in [0.25, 0.3) is 0 Å². The number of esters is 1. The number of carbonyl (C=O) groups excluding carboxylic acids is 1. The summed E-state index contributed by atoms with van der Waals surface area (Å²) in [5.74, 6) is -0.444. The van der Waals surface area contributed by atoms with E-state index >= 15 is 0 Å². The zero-order valence-electron chi connectivity index (χ0n) is 8.57. The van der Waals surface area contributed by atoms with Crippen molar-refractivity contribution in [3.05, 3.63) is 12.2 Å². The molecule has 0 amide bonds. The molecule has 4 heteroatoms. The summed E-state index contributed by atoms with van der Waals surface area (Å²) in [5, 5.41) is 9.15. The van der Waals surface area contributed by atoms with E-state index in [0.717, 1.165) is 0 Å². The second-order valence-corrected chi connectivity index (χ2v) is 3.08. The first-order valence-electron chi connectivity index (χ1n) is 4.12. The molecule has 0 aromatic carbocycles. The minimum Gasteiger partial charge on any atom is -0.443 e. The molecule has 0 heterocycles. The van der Waals surface area contributed by atoms with Gasteiger partial charge in [-0.2, -0.15) is 0 Å². The van der Waals surface area contributed by atoms with Gasteiger partial charge in [0.2, 0.25) is 0 Å². The zero-order chi connectivity index (χ0) is 10.6. The largest absolute Gasteiger partial charge is 0.443 e. The molecule has 0 saturated carbocycles. The number of aliphatic hydroxyl groups excluding tert-OH is 1. The van der Waals surface area contributed by atoms with Crippen LogP contribution in [0.5, 0.6) is 0 Å². The van der Waals surface area contributed by atoms with Crippen LogP contribution in [0.25, 0.3) is 0 Å². The van der Waals surface area contributed by atoms with Crippen molar-refractivity contribution in [1.82, 2.24) is 4.90 Å². The van der Waals surface area contributed by atoms with Crippen molar-refractivity contribution in [3.8, 4) is 0 Å². The van der Waals surface area contributed by atoms with Crippen LogP contribution in [0.3, 0.4) is 0 Å². The predicted octanol–water partition coefficient (Wildman–Crippen LogP) is 0.722. The zero-order valence-corrected chi connectivity index (χ0v) is 8.57. The maximum atomic E-state index is 11.1. The molecule has 0 saturated heterocycles. The third kappa shape index (κ3) is 4.05. The summed E-state index contributed by atoms with van der Waals surface area (Å²) in [6.45, 7) is 8.33. The van der Waals surface area contributed by atoms with Crippen molar-refractivity contribution < 1.29 is 14.6 Å². The van der Waals surface area contributed by atoms with E-state index in [2.05, 4.69) is 6.58 Å². The van der Waals surface area contributed by atoms with Crippen molar-refractivity contribution in [2.24, 2.45) is 0 Å². The fourth-order valence-corrected chi connectivity index (χ4v) is 0.642. The quantitative estimate of drug-likeness (QED) is 0.400. The molecular weight excluding hydrogens is 170 g/mol. The fourth-order valence-electron chi connectivity index (χ4n) is 0.642. The number of ether oxygens (including phenoxy) is 1. The summed E-state index contributed by atoms with van der Waals surface area (Å²) in [6, 6.07) is 0. The number of nitrogens with zero attached hydrogens (tertiary/aromatic N) is 1. The SMILES string of the molecule is C=C(C)C(=O)OC(C)N(C)C(C)O. The van der Waals surface area contributed by atoms with Crippen LogP contribution in [0.1, 0.15) is 20.8 Å². The van der Waals surface area contributed by atoms with E-state index in [9.17, 15) is 4.79 Å². The van der Waals surface area contributed by atoms with Gasteiger partial charge in [0.15, 0.2) is 6.23 Å². The predicted molar refractivity (Wildman–Crippen MR) is 49.8 cm³/mol. The van der Waals surface area contributed by atoms with Crippen LogP contribution in [0.4, 0.5) is 0 Å². The Balaban J connectivity index is 4.07. The molecule has 2 atom stereocenters. The van der Waals surface area contributed by atoms with Crippen molar-refractivity contribution in [2.75, 3.05) is 7.05 Å². The maximum Gasteiger partial charge on any atom is 0.334 e. The summed E-state index contributed by atoms with van der Waals surface area (Å²) in [7, 11) is 1.67. The molecule has 1 N–H and O–H groups in total. The van der Waals surface area contributed by atoms with Gasteiger partial charge in [0.05, 0.1) is 0 Å². The van der Waals surface area contributed by atoms with Crippen LogP contribution >= 0.6 is 0 Å². The number of carbonyl (C=O) groups is 1. The summed E-state index contributed by atoms with van der Waals surface area (Å²) < 4.78 is 4.96. The van der Waals surface area contributed by atoms with E-state index in [1.54, 1.807) is 27.8 Å². The highest BCUT2D eigenvalue weighted by Gasteiger charge is 2.17. The highest BCUT2D eigenvalue weighted by Crippen LogP contribution is 2.04. The summed E-state index contributed by atoms with van der Waals surface area (Å²) in [5.41, 5.74) is 0.353. The van der Waals surface area contributed by atoms with E-state index in [0.29, 0.717) is 5.57 Å². The molecule has 0 aliphatic heterocycles. The first-order chi connectivity index (χ1) is 5.86. The second-order valence-electron chi connectivity index (χ2n) is 3.08. The molecule has 0 rings (SSSR count). The van der Waals surface area contributed by atoms with Crippen LogP contribution in [-0.2, 0) is 9.53 Å². The number of hydrogen-bond donors (Lipinski definition) is 1. The Labute approximate surface area is 78.8 Å². The first kappa shape index (κ1) is 12.1. The average Bonchev–Trinajstić information content (AvgIpc) is 2.02. The lowest BCUT2D eigenvalue weighted by atomic mass is 10.3. The molecule has 76 valence electrons. The van der Waals surface area contributed by atoms with Gasteiger partial charge in [-0.05, 0) is 27.8 Å². The van der Waals surface area contributed by atoms with Gasteiger partial charge in [0.1, 0.15) is 6.23 Å². The van der Waals surface area contributed by atoms with Crippen LogP contribution in [0.2, 0.25) is 0 Å². The van der Waals surface area contributed by atoms with E-state index < -0.39 is 18.4 Å². The fraction of sp³-hybridized carbons (Fsp3) is 0.667. The van der Waals surface area contributed by atoms with E-state index in [4.69, 9.17) is 9.84 Å². The van der Waals surface area contributed by atoms with Gasteiger partial charge in [-0.3, -0.25) is 0 Å². The Kier molecular flexibility index (Phi) is 4.66.